The first-order valence-corrected chi connectivity index (χ1v) is 10.5. The van der Waals surface area contributed by atoms with E-state index in [0.717, 1.165) is 16.5 Å². The van der Waals surface area contributed by atoms with Gasteiger partial charge in [-0.15, -0.1) is 0 Å². The number of rotatable bonds is 5. The van der Waals surface area contributed by atoms with Crippen LogP contribution in [0.15, 0.2) is 84.8 Å². The van der Waals surface area contributed by atoms with Crippen molar-refractivity contribution < 1.29 is 19.1 Å². The number of likely N-dealkylation sites (tertiary alicyclic amines) is 1. The molecule has 0 spiro atoms. The number of hydrogen-bond acceptors (Lipinski definition) is 4. The van der Waals surface area contributed by atoms with Crippen LogP contribution in [0, 0.1) is 5.82 Å². The van der Waals surface area contributed by atoms with Crippen molar-refractivity contribution >= 4 is 28.4 Å². The van der Waals surface area contributed by atoms with E-state index in [2.05, 4.69) is 9.97 Å². The van der Waals surface area contributed by atoms with Gasteiger partial charge in [-0.05, 0) is 53.9 Å². The Hall–Kier alpha value is -4.26. The molecule has 1 amide bonds. The second kappa shape index (κ2) is 8.35. The number of ketones is 1. The van der Waals surface area contributed by atoms with Crippen molar-refractivity contribution in [1.82, 2.24) is 14.9 Å². The average molecular weight is 441 g/mol. The number of Topliss-reactive ketones (excluding diaryl/α,β-unsaturated/α-hetero) is 1. The molecule has 0 aliphatic carbocycles. The third-order valence-corrected chi connectivity index (χ3v) is 5.95. The monoisotopic (exact) mass is 441 g/mol. The van der Waals surface area contributed by atoms with E-state index in [0.29, 0.717) is 12.0 Å². The van der Waals surface area contributed by atoms with Crippen molar-refractivity contribution in [3.05, 3.63) is 107 Å². The number of aromatic amines is 1. The summed E-state index contributed by atoms with van der Waals surface area (Å²) < 4.78 is 13.4. The molecule has 1 aliphatic rings. The van der Waals surface area contributed by atoms with Crippen molar-refractivity contribution in [3.8, 4) is 0 Å². The third-order valence-electron chi connectivity index (χ3n) is 5.95. The highest BCUT2D eigenvalue weighted by atomic mass is 19.1. The summed E-state index contributed by atoms with van der Waals surface area (Å²) in [4.78, 5) is 34.9. The van der Waals surface area contributed by atoms with Gasteiger partial charge in [-0.2, -0.15) is 0 Å². The Labute approximate surface area is 189 Å². The number of fused-ring (bicyclic) bond motifs is 1. The quantitative estimate of drug-likeness (QED) is 0.274. The molecule has 2 N–H and O–H groups in total. The number of aliphatic hydroxyl groups is 1. The van der Waals surface area contributed by atoms with Crippen LogP contribution in [0.4, 0.5) is 4.39 Å². The highest BCUT2D eigenvalue weighted by molar-refractivity contribution is 6.46. The number of amides is 1. The first-order valence-electron chi connectivity index (χ1n) is 10.5. The number of carbonyl (C=O) groups excluding carboxylic acids is 2. The van der Waals surface area contributed by atoms with E-state index >= 15 is 0 Å². The molecule has 2 aromatic heterocycles. The number of para-hydroxylation sites is 1. The Morgan fingerprint density at radius 2 is 1.85 bits per heavy atom. The van der Waals surface area contributed by atoms with Gasteiger partial charge in [0.1, 0.15) is 11.6 Å². The number of benzene rings is 2. The minimum Gasteiger partial charge on any atom is -0.507 e. The van der Waals surface area contributed by atoms with Crippen molar-refractivity contribution in [1.29, 1.82) is 0 Å². The number of hydrogen-bond donors (Lipinski definition) is 2. The van der Waals surface area contributed by atoms with Crippen molar-refractivity contribution in [2.75, 3.05) is 6.54 Å². The lowest BCUT2D eigenvalue weighted by Gasteiger charge is -2.25. The van der Waals surface area contributed by atoms with Crippen molar-refractivity contribution in [3.63, 3.8) is 0 Å². The SMILES string of the molecule is O=C1C(=O)N(CCc2c[nH]c3ccccc23)[C@H](c2cccnc2)C1=C(O)c1ccc(F)cc1. The fourth-order valence-electron chi connectivity index (χ4n) is 4.34. The number of carbonyl (C=O) groups is 2. The van der Waals surface area contributed by atoms with Crippen LogP contribution in [0.25, 0.3) is 16.7 Å². The number of pyridine rings is 1. The van der Waals surface area contributed by atoms with Gasteiger partial charge in [-0.3, -0.25) is 14.6 Å². The second-order valence-corrected chi connectivity index (χ2v) is 7.90. The molecule has 1 fully saturated rings. The van der Waals surface area contributed by atoms with Gasteiger partial charge in [0.25, 0.3) is 11.7 Å². The number of H-pyrrole nitrogens is 1. The van der Waals surface area contributed by atoms with Crippen molar-refractivity contribution in [2.24, 2.45) is 0 Å². The van der Waals surface area contributed by atoms with E-state index in [-0.39, 0.29) is 23.4 Å². The zero-order valence-corrected chi connectivity index (χ0v) is 17.5. The Kier molecular flexibility index (Phi) is 5.22. The number of halogens is 1. The summed E-state index contributed by atoms with van der Waals surface area (Å²) in [5, 5.41) is 12.0. The summed E-state index contributed by atoms with van der Waals surface area (Å²) >= 11 is 0. The minimum absolute atomic E-state index is 0.0291. The summed E-state index contributed by atoms with van der Waals surface area (Å²) in [7, 11) is 0. The van der Waals surface area contributed by atoms with Crippen LogP contribution in [0.5, 0.6) is 0 Å². The van der Waals surface area contributed by atoms with Crippen LogP contribution in [0.2, 0.25) is 0 Å². The molecule has 0 unspecified atom stereocenters. The van der Waals surface area contributed by atoms with E-state index in [1.54, 1.807) is 24.5 Å². The molecular formula is C26H20FN3O3. The Morgan fingerprint density at radius 1 is 1.06 bits per heavy atom. The summed E-state index contributed by atoms with van der Waals surface area (Å²) in [5.41, 5.74) is 2.86. The minimum atomic E-state index is -0.797. The number of aromatic nitrogens is 2. The van der Waals surface area contributed by atoms with Crippen LogP contribution < -0.4 is 0 Å². The van der Waals surface area contributed by atoms with Crippen LogP contribution >= 0.6 is 0 Å². The van der Waals surface area contributed by atoms with E-state index in [4.69, 9.17) is 0 Å². The van der Waals surface area contributed by atoms with Gasteiger partial charge in [-0.1, -0.05) is 24.3 Å². The van der Waals surface area contributed by atoms with Gasteiger partial charge in [0.15, 0.2) is 0 Å². The molecule has 164 valence electrons. The van der Waals surface area contributed by atoms with Crippen molar-refractivity contribution in [2.45, 2.75) is 12.5 Å². The average Bonchev–Trinajstić information content (AvgIpc) is 3.37. The summed E-state index contributed by atoms with van der Waals surface area (Å²) in [5.74, 6) is -2.26. The molecule has 6 nitrogen and oxygen atoms in total. The third kappa shape index (κ3) is 3.67. The van der Waals surface area contributed by atoms with Gasteiger partial charge in [-0.25, -0.2) is 4.39 Å². The highest BCUT2D eigenvalue weighted by Crippen LogP contribution is 2.39. The zero-order valence-electron chi connectivity index (χ0n) is 17.5. The van der Waals surface area contributed by atoms with E-state index in [1.807, 2.05) is 30.5 Å². The number of nitrogens with zero attached hydrogens (tertiary/aromatic N) is 2. The summed E-state index contributed by atoms with van der Waals surface area (Å²) in [6.45, 7) is 0.270. The van der Waals surface area contributed by atoms with Crippen LogP contribution in [-0.2, 0) is 16.0 Å². The Bertz CT molecular complexity index is 1380. The molecule has 1 aliphatic heterocycles. The Balaban J connectivity index is 1.55. The molecule has 0 radical (unpaired) electrons. The maximum Gasteiger partial charge on any atom is 0.295 e. The van der Waals surface area contributed by atoms with E-state index < -0.39 is 23.5 Å². The molecule has 5 rings (SSSR count). The van der Waals surface area contributed by atoms with Gasteiger partial charge in [0.05, 0.1) is 11.6 Å². The van der Waals surface area contributed by atoms with Gasteiger partial charge in [0, 0.05) is 41.6 Å². The lowest BCUT2D eigenvalue weighted by Crippen LogP contribution is -2.31. The maximum absolute atomic E-state index is 13.4. The van der Waals surface area contributed by atoms with Gasteiger partial charge in [0.2, 0.25) is 0 Å². The lowest BCUT2D eigenvalue weighted by atomic mass is 9.96. The van der Waals surface area contributed by atoms with Gasteiger partial charge < -0.3 is 15.0 Å². The molecule has 33 heavy (non-hydrogen) atoms. The predicted molar refractivity (Wildman–Crippen MR) is 122 cm³/mol. The molecule has 1 saturated heterocycles. The maximum atomic E-state index is 13.4. The predicted octanol–water partition coefficient (Wildman–Crippen LogP) is 4.37. The molecule has 0 bridgehead atoms. The highest BCUT2D eigenvalue weighted by Gasteiger charge is 2.46. The molecule has 0 saturated carbocycles. The molecule has 3 heterocycles. The van der Waals surface area contributed by atoms with Crippen LogP contribution in [-0.4, -0.2) is 38.2 Å². The number of aliphatic hydroxyl groups excluding tert-OH is 1. The van der Waals surface area contributed by atoms with Gasteiger partial charge >= 0.3 is 0 Å². The van der Waals surface area contributed by atoms with Crippen LogP contribution in [0.1, 0.15) is 22.7 Å². The summed E-state index contributed by atoms with van der Waals surface area (Å²) in [6.07, 6.45) is 5.60. The first kappa shape index (κ1) is 20.6. The topological polar surface area (TPSA) is 86.3 Å². The second-order valence-electron chi connectivity index (χ2n) is 7.90. The van der Waals surface area contributed by atoms with E-state index in [1.165, 1.54) is 29.2 Å². The molecule has 2 aromatic carbocycles. The zero-order chi connectivity index (χ0) is 22.9. The molecule has 1 atom stereocenters. The van der Waals surface area contributed by atoms with E-state index in [9.17, 15) is 19.1 Å². The summed E-state index contributed by atoms with van der Waals surface area (Å²) in [6, 6.07) is 15.7. The molecular weight excluding hydrogens is 421 g/mol. The molecule has 4 aromatic rings. The largest absolute Gasteiger partial charge is 0.507 e. The van der Waals surface area contributed by atoms with Crippen LogP contribution in [0.3, 0.4) is 0 Å². The molecule has 7 heteroatoms. The number of nitrogens with one attached hydrogen (secondary N) is 1. The Morgan fingerprint density at radius 3 is 2.61 bits per heavy atom. The first-order chi connectivity index (χ1) is 16.0. The normalized spacial score (nSPS) is 17.7. The smallest absolute Gasteiger partial charge is 0.295 e. The standard InChI is InChI=1S/C26H20FN3O3/c27-19-9-7-16(8-10-19)24(31)22-23(18-4-3-12-28-14-18)30(26(33)25(22)32)13-11-17-15-29-21-6-2-1-5-20(17)21/h1-10,12,14-15,23,29,31H,11,13H2/t23-/m1/s1. The lowest BCUT2D eigenvalue weighted by molar-refractivity contribution is -0.139. The fourth-order valence-corrected chi connectivity index (χ4v) is 4.34. The fraction of sp³-hybridized carbons (Fsp3) is 0.115.